The van der Waals surface area contributed by atoms with E-state index in [2.05, 4.69) is 63.5 Å². The summed E-state index contributed by atoms with van der Waals surface area (Å²) in [6, 6.07) is 18.7. The molecular formula is C17H17IN-. The van der Waals surface area contributed by atoms with Gasteiger partial charge in [-0.15, -0.1) is 0 Å². The monoisotopic (exact) mass is 362 g/mol. The fourth-order valence-electron chi connectivity index (χ4n) is 3.90. The first-order valence-electron chi connectivity index (χ1n) is 6.73. The van der Waals surface area contributed by atoms with Crippen molar-refractivity contribution in [2.75, 3.05) is 4.93 Å². The van der Waals surface area contributed by atoms with Crippen molar-refractivity contribution >= 4 is 0 Å². The van der Waals surface area contributed by atoms with Crippen molar-refractivity contribution in [1.82, 2.24) is 3.11 Å². The van der Waals surface area contributed by atoms with Crippen LogP contribution in [0.15, 0.2) is 48.5 Å². The standard InChI is InChI=1S/C17H17IN/c1-17-14-9-5-3-7-12(14)11-16(19(17)18-2)13-8-4-6-10-15(13)17/h3-10,16H,11H2,1-2H3/q-1/t16-,17+/m1/s1. The first-order valence-corrected chi connectivity index (χ1v) is 9.86. The summed E-state index contributed by atoms with van der Waals surface area (Å²) < 4.78 is 2.78. The van der Waals surface area contributed by atoms with Gasteiger partial charge in [0.2, 0.25) is 0 Å². The summed E-state index contributed by atoms with van der Waals surface area (Å²) in [5.74, 6) is 0. The third-order valence-electron chi connectivity index (χ3n) is 4.68. The molecule has 2 atom stereocenters. The van der Waals surface area contributed by atoms with Crippen LogP contribution in [-0.4, -0.2) is 8.04 Å². The Morgan fingerprint density at radius 3 is 2.53 bits per heavy atom. The normalized spacial score (nSPS) is 28.2. The van der Waals surface area contributed by atoms with Crippen LogP contribution in [0.5, 0.6) is 0 Å². The van der Waals surface area contributed by atoms with Gasteiger partial charge in [0, 0.05) is 0 Å². The van der Waals surface area contributed by atoms with Crippen LogP contribution in [0.1, 0.15) is 35.2 Å². The molecule has 0 amide bonds. The fourth-order valence-corrected chi connectivity index (χ4v) is 6.55. The van der Waals surface area contributed by atoms with Crippen molar-refractivity contribution in [2.24, 2.45) is 0 Å². The van der Waals surface area contributed by atoms with E-state index >= 15 is 0 Å². The summed E-state index contributed by atoms with van der Waals surface area (Å²) in [6.45, 7) is 2.42. The van der Waals surface area contributed by atoms with Gasteiger partial charge in [-0.3, -0.25) is 0 Å². The van der Waals surface area contributed by atoms with Crippen LogP contribution in [0.4, 0.5) is 0 Å². The van der Waals surface area contributed by atoms with Gasteiger partial charge in [-0.2, -0.15) is 0 Å². The van der Waals surface area contributed by atoms with Crippen LogP contribution in [-0.2, 0) is 12.0 Å². The summed E-state index contributed by atoms with van der Waals surface area (Å²) in [5, 5.41) is 0. The number of benzene rings is 2. The third-order valence-corrected chi connectivity index (χ3v) is 7.36. The van der Waals surface area contributed by atoms with E-state index < -0.39 is 0 Å². The number of rotatable bonds is 1. The van der Waals surface area contributed by atoms with Crippen molar-refractivity contribution < 1.29 is 21.5 Å². The minimum atomic E-state index is 0.0778. The molecule has 19 heavy (non-hydrogen) atoms. The average Bonchev–Trinajstić information content (AvgIpc) is 2.64. The summed E-state index contributed by atoms with van der Waals surface area (Å²) >= 11 is 0.0778. The zero-order valence-corrected chi connectivity index (χ0v) is 13.4. The molecule has 2 bridgehead atoms. The maximum atomic E-state index is 2.78. The van der Waals surface area contributed by atoms with E-state index in [4.69, 9.17) is 0 Å². The summed E-state index contributed by atoms with van der Waals surface area (Å²) in [4.78, 5) is 2.39. The Hall–Kier alpha value is -0.870. The van der Waals surface area contributed by atoms with E-state index in [1.54, 1.807) is 11.1 Å². The van der Waals surface area contributed by atoms with Gasteiger partial charge in [0.05, 0.1) is 0 Å². The SMILES string of the molecule is C[I-]N1[C@@H]2Cc3ccccc3[C@@]1(C)c1ccccc12. The molecule has 2 aliphatic heterocycles. The Morgan fingerprint density at radius 2 is 1.74 bits per heavy atom. The Labute approximate surface area is 125 Å². The van der Waals surface area contributed by atoms with Crippen LogP contribution in [0.3, 0.4) is 0 Å². The van der Waals surface area contributed by atoms with Crippen LogP contribution < -0.4 is 21.5 Å². The first-order chi connectivity index (χ1) is 9.26. The molecule has 0 fully saturated rings. The van der Waals surface area contributed by atoms with E-state index in [-0.39, 0.29) is 27.0 Å². The molecule has 0 unspecified atom stereocenters. The number of alkyl halides is 1. The van der Waals surface area contributed by atoms with Gasteiger partial charge >= 0.3 is 125 Å². The zero-order chi connectivity index (χ0) is 13.0. The molecule has 1 nitrogen and oxygen atoms in total. The third kappa shape index (κ3) is 1.39. The van der Waals surface area contributed by atoms with Crippen molar-refractivity contribution in [3.05, 3.63) is 70.8 Å². The van der Waals surface area contributed by atoms with E-state index in [0.29, 0.717) is 6.04 Å². The Balaban J connectivity index is 2.06. The number of hydrogen-bond donors (Lipinski definition) is 0. The molecule has 0 spiro atoms. The Kier molecular flexibility index (Phi) is 2.55. The second kappa shape index (κ2) is 4.06. The van der Waals surface area contributed by atoms with Crippen molar-refractivity contribution in [3.63, 3.8) is 0 Å². The zero-order valence-electron chi connectivity index (χ0n) is 11.2. The van der Waals surface area contributed by atoms with Gasteiger partial charge < -0.3 is 0 Å². The average molecular weight is 362 g/mol. The molecule has 0 N–H and O–H groups in total. The van der Waals surface area contributed by atoms with Gasteiger partial charge in [0.15, 0.2) is 0 Å². The predicted octanol–water partition coefficient (Wildman–Crippen LogP) is 0.497. The van der Waals surface area contributed by atoms with E-state index in [1.807, 2.05) is 0 Å². The topological polar surface area (TPSA) is 3.24 Å². The molecular weight excluding hydrogens is 345 g/mol. The van der Waals surface area contributed by atoms with Crippen LogP contribution in [0.2, 0.25) is 0 Å². The molecule has 4 rings (SSSR count). The summed E-state index contributed by atoms with van der Waals surface area (Å²) in [5.41, 5.74) is 6.27. The van der Waals surface area contributed by atoms with E-state index in [9.17, 15) is 0 Å². The van der Waals surface area contributed by atoms with Gasteiger partial charge in [-0.25, -0.2) is 0 Å². The molecule has 2 aliphatic rings. The number of fused-ring (bicyclic) bond motifs is 7. The maximum absolute atomic E-state index is 2.78. The second-order valence-electron chi connectivity index (χ2n) is 5.52. The first kappa shape index (κ1) is 11.9. The Morgan fingerprint density at radius 1 is 1.05 bits per heavy atom. The quantitative estimate of drug-likeness (QED) is 0.406. The van der Waals surface area contributed by atoms with Crippen molar-refractivity contribution in [2.45, 2.75) is 24.9 Å². The molecule has 0 saturated heterocycles. The number of nitrogens with zero attached hydrogens (tertiary/aromatic N) is 1. The molecule has 2 heteroatoms. The molecule has 2 aromatic rings. The molecule has 0 radical (unpaired) electrons. The van der Waals surface area contributed by atoms with Crippen LogP contribution in [0, 0.1) is 0 Å². The van der Waals surface area contributed by atoms with Gasteiger partial charge in [0.25, 0.3) is 0 Å². The summed E-state index contributed by atoms with van der Waals surface area (Å²) in [6.07, 6.45) is 1.18. The van der Waals surface area contributed by atoms with Gasteiger partial charge in [0.1, 0.15) is 0 Å². The van der Waals surface area contributed by atoms with Gasteiger partial charge in [-0.1, -0.05) is 0 Å². The van der Waals surface area contributed by atoms with Crippen LogP contribution in [0.25, 0.3) is 0 Å². The molecule has 98 valence electrons. The molecule has 2 aromatic carbocycles. The molecule has 2 heterocycles. The molecule has 0 aromatic heterocycles. The predicted molar refractivity (Wildman–Crippen MR) is 73.5 cm³/mol. The van der Waals surface area contributed by atoms with E-state index in [0.717, 1.165) is 0 Å². The molecule has 0 aliphatic carbocycles. The molecule has 0 saturated carbocycles. The van der Waals surface area contributed by atoms with Crippen molar-refractivity contribution in [3.8, 4) is 0 Å². The Bertz CT molecular complexity index is 638. The van der Waals surface area contributed by atoms with E-state index in [1.165, 1.54) is 17.5 Å². The fraction of sp³-hybridized carbons (Fsp3) is 0.294. The van der Waals surface area contributed by atoms with Gasteiger partial charge in [-0.05, 0) is 0 Å². The van der Waals surface area contributed by atoms with Crippen molar-refractivity contribution in [1.29, 1.82) is 0 Å². The van der Waals surface area contributed by atoms with Crippen LogP contribution >= 0.6 is 0 Å². The summed E-state index contributed by atoms with van der Waals surface area (Å²) in [7, 11) is 0. The second-order valence-corrected chi connectivity index (χ2v) is 7.52. The number of halogens is 1. The minimum absolute atomic E-state index is 0.0778. The number of hydrogen-bond acceptors (Lipinski definition) is 1.